The minimum absolute atomic E-state index is 0.0352. The summed E-state index contributed by atoms with van der Waals surface area (Å²) in [5, 5.41) is 2.50. The molecular formula is C35H46N2O8. The predicted molar refractivity (Wildman–Crippen MR) is 169 cm³/mol. The monoisotopic (exact) mass is 622 g/mol. The summed E-state index contributed by atoms with van der Waals surface area (Å²) in [6.07, 6.45) is -1.17. The highest BCUT2D eigenvalue weighted by Gasteiger charge is 2.53. The Bertz CT molecular complexity index is 1400. The fourth-order valence-electron chi connectivity index (χ4n) is 6.12. The fraction of sp³-hybridized carbons (Fsp3) is 0.514. The number of esters is 2. The van der Waals surface area contributed by atoms with Crippen LogP contribution in [0.25, 0.3) is 0 Å². The second-order valence-electron chi connectivity index (χ2n) is 13.0. The molecule has 10 nitrogen and oxygen atoms in total. The van der Waals surface area contributed by atoms with Gasteiger partial charge in [0, 0.05) is 18.5 Å². The molecule has 0 bridgehead atoms. The quantitative estimate of drug-likeness (QED) is 0.199. The lowest BCUT2D eigenvalue weighted by molar-refractivity contribution is -0.157. The van der Waals surface area contributed by atoms with Crippen LogP contribution in [0.15, 0.2) is 54.6 Å². The Kier molecular flexibility index (Phi) is 10.5. The van der Waals surface area contributed by atoms with Gasteiger partial charge in [-0.25, -0.2) is 9.59 Å². The van der Waals surface area contributed by atoms with Gasteiger partial charge >= 0.3 is 18.0 Å². The molecule has 45 heavy (non-hydrogen) atoms. The molecule has 1 N–H and O–H groups in total. The number of carbonyl (C=O) groups is 3. The number of ether oxygens (including phenoxy) is 5. The van der Waals surface area contributed by atoms with Gasteiger partial charge in [0.1, 0.15) is 30.5 Å². The summed E-state index contributed by atoms with van der Waals surface area (Å²) in [4.78, 5) is 41.2. The van der Waals surface area contributed by atoms with Crippen molar-refractivity contribution in [1.82, 2.24) is 10.2 Å². The smallest absolute Gasteiger partial charge is 0.408 e. The number of carbonyl (C=O) groups excluding carboxylic acids is 3. The second-order valence-corrected chi connectivity index (χ2v) is 13.0. The van der Waals surface area contributed by atoms with Crippen LogP contribution >= 0.6 is 0 Å². The molecule has 2 aromatic rings. The Labute approximate surface area is 266 Å². The first-order valence-electron chi connectivity index (χ1n) is 15.3. The number of hydrogen-bond donors (Lipinski definition) is 1. The van der Waals surface area contributed by atoms with Crippen LogP contribution in [0.2, 0.25) is 0 Å². The lowest BCUT2D eigenvalue weighted by Crippen LogP contribution is -2.47. The first kappa shape index (κ1) is 33.8. The topological polar surface area (TPSA) is 113 Å². The highest BCUT2D eigenvalue weighted by molar-refractivity contribution is 5.86. The normalized spacial score (nSPS) is 20.5. The summed E-state index contributed by atoms with van der Waals surface area (Å²) in [6, 6.07) is 11.9. The van der Waals surface area contributed by atoms with Crippen molar-refractivity contribution in [2.45, 2.75) is 96.3 Å². The molecule has 0 saturated heterocycles. The van der Waals surface area contributed by atoms with Crippen LogP contribution in [0, 0.1) is 0 Å². The molecule has 0 saturated carbocycles. The maximum atomic E-state index is 13.5. The molecule has 244 valence electrons. The van der Waals surface area contributed by atoms with E-state index in [4.69, 9.17) is 23.7 Å². The van der Waals surface area contributed by atoms with Gasteiger partial charge in [0.05, 0.1) is 18.9 Å². The van der Waals surface area contributed by atoms with E-state index in [-0.39, 0.29) is 12.7 Å². The highest BCUT2D eigenvalue weighted by Crippen LogP contribution is 2.56. The van der Waals surface area contributed by atoms with Gasteiger partial charge in [-0.1, -0.05) is 48.6 Å². The van der Waals surface area contributed by atoms with Crippen molar-refractivity contribution in [3.63, 3.8) is 0 Å². The number of nitrogens with zero attached hydrogens (tertiary/aromatic N) is 1. The number of rotatable bonds is 11. The van der Waals surface area contributed by atoms with Crippen molar-refractivity contribution in [1.29, 1.82) is 0 Å². The third-order valence-corrected chi connectivity index (χ3v) is 8.23. The molecule has 2 aliphatic rings. The number of nitrogens with one attached hydrogen (secondary N) is 1. The van der Waals surface area contributed by atoms with Gasteiger partial charge in [-0.15, -0.1) is 0 Å². The molecule has 0 radical (unpaired) electrons. The van der Waals surface area contributed by atoms with E-state index in [9.17, 15) is 14.4 Å². The van der Waals surface area contributed by atoms with Gasteiger partial charge in [-0.3, -0.25) is 4.79 Å². The van der Waals surface area contributed by atoms with E-state index in [0.717, 1.165) is 41.8 Å². The molecule has 0 aliphatic carbocycles. The third-order valence-electron chi connectivity index (χ3n) is 8.23. The van der Waals surface area contributed by atoms with E-state index < -0.39 is 47.6 Å². The van der Waals surface area contributed by atoms with Gasteiger partial charge < -0.3 is 33.9 Å². The average Bonchev–Trinajstić information content (AvgIpc) is 3.20. The van der Waals surface area contributed by atoms with E-state index in [0.29, 0.717) is 17.9 Å². The summed E-state index contributed by atoms with van der Waals surface area (Å²) in [7, 11) is 3.71. The zero-order chi connectivity index (χ0) is 32.9. The zero-order valence-electron chi connectivity index (χ0n) is 27.4. The van der Waals surface area contributed by atoms with Crippen molar-refractivity contribution >= 4 is 18.0 Å². The van der Waals surface area contributed by atoms with Crippen LogP contribution in [0.5, 0.6) is 11.5 Å². The Morgan fingerprint density at radius 1 is 1.16 bits per heavy atom. The number of amides is 1. The van der Waals surface area contributed by atoms with Gasteiger partial charge in [-0.05, 0) is 71.8 Å². The van der Waals surface area contributed by atoms with Crippen molar-refractivity contribution < 1.29 is 38.1 Å². The molecule has 0 spiro atoms. The average molecular weight is 623 g/mol. The Morgan fingerprint density at radius 2 is 1.87 bits per heavy atom. The summed E-state index contributed by atoms with van der Waals surface area (Å²) >= 11 is 0. The van der Waals surface area contributed by atoms with E-state index >= 15 is 0 Å². The minimum Gasteiger partial charge on any atom is -0.493 e. The molecule has 0 unspecified atom stereocenters. The molecule has 1 amide bonds. The van der Waals surface area contributed by atoms with Gasteiger partial charge in [0.25, 0.3) is 0 Å². The number of benzene rings is 2. The van der Waals surface area contributed by atoms with E-state index in [1.165, 1.54) is 0 Å². The SMILES string of the molecule is C=C(C)[C@]12CCN(C)Cc3ccc(OC)c(c31)O[C@@H]2C[C@H](C)OC(=O)[C@@H](CC(=O)OCc1ccccc1)NC(=O)OC(C)(C)C. The minimum atomic E-state index is -1.32. The Morgan fingerprint density at radius 3 is 2.51 bits per heavy atom. The molecule has 4 rings (SSSR count). The van der Waals surface area contributed by atoms with E-state index in [2.05, 4.69) is 29.9 Å². The largest absolute Gasteiger partial charge is 0.493 e. The molecule has 2 heterocycles. The summed E-state index contributed by atoms with van der Waals surface area (Å²) < 4.78 is 28.9. The Balaban J connectivity index is 1.51. The molecule has 2 aliphatic heterocycles. The third kappa shape index (κ3) is 7.97. The highest BCUT2D eigenvalue weighted by atomic mass is 16.6. The number of methoxy groups -OCH3 is 1. The summed E-state index contributed by atoms with van der Waals surface area (Å²) in [5.74, 6) is -0.0968. The van der Waals surface area contributed by atoms with Gasteiger partial charge in [0.15, 0.2) is 11.5 Å². The molecule has 0 fully saturated rings. The predicted octanol–water partition coefficient (Wildman–Crippen LogP) is 5.45. The van der Waals surface area contributed by atoms with Crippen LogP contribution in [0.4, 0.5) is 4.79 Å². The maximum Gasteiger partial charge on any atom is 0.408 e. The van der Waals surface area contributed by atoms with Crippen molar-refractivity contribution in [3.05, 3.63) is 71.3 Å². The summed E-state index contributed by atoms with van der Waals surface area (Å²) in [5.41, 5.74) is 2.66. The molecule has 0 aromatic heterocycles. The number of hydrogen-bond acceptors (Lipinski definition) is 9. The zero-order valence-corrected chi connectivity index (χ0v) is 27.4. The van der Waals surface area contributed by atoms with Crippen LogP contribution in [-0.2, 0) is 42.4 Å². The van der Waals surface area contributed by atoms with E-state index in [1.54, 1.807) is 34.8 Å². The molecule has 4 atom stereocenters. The van der Waals surface area contributed by atoms with Crippen molar-refractivity contribution in [2.24, 2.45) is 0 Å². The van der Waals surface area contributed by atoms with Crippen molar-refractivity contribution in [2.75, 3.05) is 20.7 Å². The number of alkyl carbamates (subject to hydrolysis) is 1. The van der Waals surface area contributed by atoms with Crippen LogP contribution in [0.1, 0.15) is 70.6 Å². The molecule has 10 heteroatoms. The fourth-order valence-corrected chi connectivity index (χ4v) is 6.12. The van der Waals surface area contributed by atoms with Crippen LogP contribution in [-0.4, -0.2) is 67.5 Å². The molecule has 2 aromatic carbocycles. The summed E-state index contributed by atoms with van der Waals surface area (Å²) in [6.45, 7) is 14.9. The Hall–Kier alpha value is -4.05. The van der Waals surface area contributed by atoms with Crippen LogP contribution < -0.4 is 14.8 Å². The van der Waals surface area contributed by atoms with Gasteiger partial charge in [0.2, 0.25) is 0 Å². The van der Waals surface area contributed by atoms with E-state index in [1.807, 2.05) is 43.3 Å². The first-order valence-corrected chi connectivity index (χ1v) is 15.3. The lowest BCUT2D eigenvalue weighted by atomic mass is 9.67. The van der Waals surface area contributed by atoms with Crippen molar-refractivity contribution in [3.8, 4) is 11.5 Å². The van der Waals surface area contributed by atoms with Gasteiger partial charge in [-0.2, -0.15) is 0 Å². The first-order chi connectivity index (χ1) is 21.2. The second kappa shape index (κ2) is 13.9. The maximum absolute atomic E-state index is 13.5. The molecular weight excluding hydrogens is 576 g/mol. The lowest BCUT2D eigenvalue weighted by Gasteiger charge is -2.36. The van der Waals surface area contributed by atoms with Crippen LogP contribution in [0.3, 0.4) is 0 Å². The standard InChI is InChI=1S/C35H46N2O8/c1-22(2)35-16-17-37(7)20-25-14-15-27(41-8)31(30(25)35)44-28(35)18-23(3)43-32(39)26(36-33(40)45-34(4,5)6)19-29(38)42-21-24-12-10-9-11-13-24/h9-15,23,26,28H,1,16-21H2,2-8H3,(H,36,40)/t23-,26+,28+,35-/m0/s1.